The van der Waals surface area contributed by atoms with Gasteiger partial charge in [0.1, 0.15) is 23.3 Å². The van der Waals surface area contributed by atoms with Crippen LogP contribution in [-0.4, -0.2) is 88.1 Å². The maximum atomic E-state index is 13.3. The number of nitrogens with one attached hydrogen (secondary N) is 4. The summed E-state index contributed by atoms with van der Waals surface area (Å²) in [4.78, 5) is 88.2. The summed E-state index contributed by atoms with van der Waals surface area (Å²) >= 11 is 7.87. The van der Waals surface area contributed by atoms with E-state index in [-0.39, 0.29) is 46.8 Å². The predicted octanol–water partition coefficient (Wildman–Crippen LogP) is 3.70. The van der Waals surface area contributed by atoms with Gasteiger partial charge in [0.05, 0.1) is 28.0 Å². The Balaban J connectivity index is 0.886. The minimum atomic E-state index is -1.02. The second kappa shape index (κ2) is 17.7. The van der Waals surface area contributed by atoms with Crippen molar-refractivity contribution in [2.75, 3.05) is 47.4 Å². The van der Waals surface area contributed by atoms with Gasteiger partial charge in [-0.15, -0.1) is 0 Å². The molecule has 1 aromatic heterocycles. The van der Waals surface area contributed by atoms with Gasteiger partial charge in [-0.25, -0.2) is 9.97 Å². The molecular weight excluding hydrogens is 760 g/mol. The second-order valence-corrected chi connectivity index (χ2v) is 15.8. The highest BCUT2D eigenvalue weighted by molar-refractivity contribution is 7.99. The van der Waals surface area contributed by atoms with E-state index in [0.29, 0.717) is 46.6 Å². The molecule has 0 spiro atoms. The molecule has 0 bridgehead atoms. The van der Waals surface area contributed by atoms with Gasteiger partial charge in [0, 0.05) is 48.7 Å². The maximum Gasteiger partial charge on any atom is 0.264 e. The molecule has 3 aromatic rings. The van der Waals surface area contributed by atoms with Crippen LogP contribution in [0.2, 0.25) is 5.02 Å². The number of nitrogens with zero attached hydrogens (tertiary/aromatic N) is 4. The molecule has 1 atom stereocenters. The summed E-state index contributed by atoms with van der Waals surface area (Å²) in [5, 5.41) is 11.7. The Labute approximate surface area is 333 Å². The lowest BCUT2D eigenvalue weighted by Gasteiger charge is -2.37. The zero-order valence-electron chi connectivity index (χ0n) is 31.0. The van der Waals surface area contributed by atoms with Crippen LogP contribution in [0.25, 0.3) is 0 Å². The molecule has 4 heterocycles. The number of carbonyl (C=O) groups is 6. The quantitative estimate of drug-likeness (QED) is 0.0732. The number of fused-ring (bicyclic) bond motifs is 1. The fourth-order valence-corrected chi connectivity index (χ4v) is 7.87. The van der Waals surface area contributed by atoms with Crippen LogP contribution >= 0.6 is 23.4 Å². The zero-order valence-corrected chi connectivity index (χ0v) is 32.6. The van der Waals surface area contributed by atoms with Crippen molar-refractivity contribution in [3.8, 4) is 0 Å². The highest BCUT2D eigenvalue weighted by Gasteiger charge is 2.45. The van der Waals surface area contributed by atoms with Gasteiger partial charge in [-0.3, -0.25) is 39.0 Å². The molecule has 18 heteroatoms. The predicted molar refractivity (Wildman–Crippen MR) is 212 cm³/mol. The Hall–Kier alpha value is -5.26. The Morgan fingerprint density at radius 2 is 1.70 bits per heavy atom. The Kier molecular flexibility index (Phi) is 12.8. The molecule has 296 valence electrons. The smallest absolute Gasteiger partial charge is 0.264 e. The lowest BCUT2D eigenvalue weighted by Crippen LogP contribution is -2.54. The SMILES string of the molecule is CC1(N)CCN(c2cnc(Sc3cccc(NC(=O)CC(=O)NCCCCCCNc4cccc5c4C(=O)N(C4CCC(=O)NC4=O)C5=O)c3Cl)c(N)n2)CC1. The van der Waals surface area contributed by atoms with Crippen molar-refractivity contribution in [2.45, 2.75) is 86.2 Å². The largest absolute Gasteiger partial charge is 0.384 e. The molecule has 56 heavy (non-hydrogen) atoms. The number of rotatable bonds is 15. The summed E-state index contributed by atoms with van der Waals surface area (Å²) in [6.07, 6.45) is 6.24. The number of piperidine rings is 2. The van der Waals surface area contributed by atoms with Crippen molar-refractivity contribution in [3.63, 3.8) is 0 Å². The van der Waals surface area contributed by atoms with Gasteiger partial charge in [0.2, 0.25) is 23.6 Å². The molecule has 0 aliphatic carbocycles. The minimum absolute atomic E-state index is 0.0539. The second-order valence-electron chi connectivity index (χ2n) is 14.4. The molecule has 3 aliphatic rings. The van der Waals surface area contributed by atoms with E-state index < -0.39 is 41.5 Å². The first-order valence-corrected chi connectivity index (χ1v) is 19.8. The van der Waals surface area contributed by atoms with E-state index in [1.165, 1.54) is 11.8 Å². The number of imide groups is 2. The normalized spacial score (nSPS) is 17.7. The lowest BCUT2D eigenvalue weighted by molar-refractivity contribution is -0.136. The Morgan fingerprint density at radius 1 is 0.982 bits per heavy atom. The van der Waals surface area contributed by atoms with E-state index in [4.69, 9.17) is 23.1 Å². The summed E-state index contributed by atoms with van der Waals surface area (Å²) in [5.74, 6) is -2.16. The molecule has 2 aromatic carbocycles. The van der Waals surface area contributed by atoms with E-state index in [0.717, 1.165) is 50.1 Å². The van der Waals surface area contributed by atoms with Gasteiger partial charge < -0.3 is 32.3 Å². The van der Waals surface area contributed by atoms with E-state index >= 15 is 0 Å². The third-order valence-corrected chi connectivity index (χ3v) is 11.5. The number of anilines is 4. The summed E-state index contributed by atoms with van der Waals surface area (Å²) in [7, 11) is 0. The van der Waals surface area contributed by atoms with Crippen LogP contribution in [0.3, 0.4) is 0 Å². The molecule has 2 fully saturated rings. The van der Waals surface area contributed by atoms with Crippen molar-refractivity contribution in [3.05, 3.63) is 58.7 Å². The molecule has 0 radical (unpaired) electrons. The van der Waals surface area contributed by atoms with Crippen molar-refractivity contribution >= 4 is 81.8 Å². The number of hydrogen-bond acceptors (Lipinski definition) is 13. The van der Waals surface area contributed by atoms with Crippen molar-refractivity contribution in [2.24, 2.45) is 5.73 Å². The summed E-state index contributed by atoms with van der Waals surface area (Å²) < 4.78 is 0. The molecule has 0 saturated carbocycles. The number of nitrogens with two attached hydrogens (primary N) is 2. The average molecular weight is 805 g/mol. The molecule has 2 saturated heterocycles. The van der Waals surface area contributed by atoms with E-state index in [1.807, 2.05) is 6.92 Å². The molecular formula is C38H45ClN10O6S. The van der Waals surface area contributed by atoms with Crippen LogP contribution in [0.5, 0.6) is 0 Å². The molecule has 16 nitrogen and oxygen atoms in total. The number of amides is 6. The third kappa shape index (κ3) is 9.57. The van der Waals surface area contributed by atoms with Crippen molar-refractivity contribution in [1.29, 1.82) is 0 Å². The number of nitrogen functional groups attached to an aromatic ring is 1. The fraction of sp³-hybridized carbons (Fsp3) is 0.421. The van der Waals surface area contributed by atoms with Crippen LogP contribution in [-0.2, 0) is 19.2 Å². The van der Waals surface area contributed by atoms with Crippen molar-refractivity contribution in [1.82, 2.24) is 25.5 Å². The van der Waals surface area contributed by atoms with Gasteiger partial charge in [0.15, 0.2) is 5.82 Å². The maximum absolute atomic E-state index is 13.3. The monoisotopic (exact) mass is 804 g/mol. The van der Waals surface area contributed by atoms with Gasteiger partial charge >= 0.3 is 0 Å². The number of carbonyl (C=O) groups excluding carboxylic acids is 6. The third-order valence-electron chi connectivity index (χ3n) is 9.96. The van der Waals surface area contributed by atoms with E-state index in [2.05, 4.69) is 36.1 Å². The molecule has 8 N–H and O–H groups in total. The standard InChI is InChI=1S/C38H45ClN10O6S/c1-38(41)14-18-48(19-15-38)27-21-44-35(33(40)46-27)56-26-11-7-10-24(32(26)39)45-30(52)20-29(51)43-17-5-3-2-4-16-42-23-9-6-8-22-31(23)37(55)49(36(22)54)25-12-13-28(50)47-34(25)53/h6-11,21,25,42H,2-5,12-20,41H2,1H3,(H2,40,46)(H,43,51)(H,45,52)(H,47,50,53). The highest BCUT2D eigenvalue weighted by Crippen LogP contribution is 2.39. The van der Waals surface area contributed by atoms with Crippen LogP contribution in [0, 0.1) is 0 Å². The lowest BCUT2D eigenvalue weighted by atomic mass is 9.91. The van der Waals surface area contributed by atoms with E-state index in [9.17, 15) is 28.8 Å². The number of halogens is 1. The van der Waals surface area contributed by atoms with Gasteiger partial charge in [-0.05, 0) is 63.3 Å². The fourth-order valence-electron chi connectivity index (χ4n) is 6.77. The van der Waals surface area contributed by atoms with Crippen molar-refractivity contribution < 1.29 is 28.8 Å². The van der Waals surface area contributed by atoms with Gasteiger partial charge in [0.25, 0.3) is 11.8 Å². The van der Waals surface area contributed by atoms with E-state index in [1.54, 1.807) is 42.6 Å². The average Bonchev–Trinajstić information content (AvgIpc) is 3.41. The topological polar surface area (TPSA) is 235 Å². The van der Waals surface area contributed by atoms with Crippen LogP contribution < -0.4 is 37.6 Å². The number of aromatic nitrogens is 2. The Bertz CT molecular complexity index is 2040. The first-order chi connectivity index (χ1) is 26.8. The summed E-state index contributed by atoms with van der Waals surface area (Å²) in [6, 6.07) is 9.08. The van der Waals surface area contributed by atoms with Crippen LogP contribution in [0.4, 0.5) is 23.0 Å². The number of benzene rings is 2. The molecule has 1 unspecified atom stereocenters. The Morgan fingerprint density at radius 3 is 2.43 bits per heavy atom. The highest BCUT2D eigenvalue weighted by atomic mass is 35.5. The molecule has 6 rings (SSSR count). The molecule has 6 amide bonds. The van der Waals surface area contributed by atoms with Crippen LogP contribution in [0.15, 0.2) is 52.5 Å². The molecule has 3 aliphatic heterocycles. The first-order valence-electron chi connectivity index (χ1n) is 18.6. The number of hydrogen-bond donors (Lipinski definition) is 6. The van der Waals surface area contributed by atoms with Crippen LogP contribution in [0.1, 0.15) is 85.4 Å². The van der Waals surface area contributed by atoms with Gasteiger partial charge in [-0.2, -0.15) is 0 Å². The number of unbranched alkanes of at least 4 members (excludes halogenated alkanes) is 3. The summed E-state index contributed by atoms with van der Waals surface area (Å²) in [6.45, 7) is 4.52. The summed E-state index contributed by atoms with van der Waals surface area (Å²) in [5.41, 5.74) is 13.6. The van der Waals surface area contributed by atoms with Gasteiger partial charge in [-0.1, -0.05) is 48.3 Å². The first kappa shape index (κ1) is 40.4. The minimum Gasteiger partial charge on any atom is -0.384 e. The zero-order chi connectivity index (χ0) is 40.0.